The van der Waals surface area contributed by atoms with Crippen molar-refractivity contribution in [3.8, 4) is 5.75 Å². The molecule has 0 bridgehead atoms. The van der Waals surface area contributed by atoms with Gasteiger partial charge in [-0.25, -0.2) is 0 Å². The minimum absolute atomic E-state index is 0.125. The van der Waals surface area contributed by atoms with E-state index in [-0.39, 0.29) is 24.1 Å². The maximum atomic E-state index is 12.0. The van der Waals surface area contributed by atoms with E-state index in [1.165, 1.54) is 11.3 Å². The van der Waals surface area contributed by atoms with Crippen LogP contribution < -0.4 is 20.7 Å². The molecule has 0 unspecified atom stereocenters. The Kier molecular flexibility index (Phi) is 5.52. The van der Waals surface area contributed by atoms with Gasteiger partial charge in [-0.05, 0) is 43.0 Å². The van der Waals surface area contributed by atoms with Crippen molar-refractivity contribution in [2.45, 2.75) is 25.9 Å². The van der Waals surface area contributed by atoms with Crippen LogP contribution in [-0.2, 0) is 9.59 Å². The Hall–Kier alpha value is -2.87. The predicted molar refractivity (Wildman–Crippen MR) is 99.7 cm³/mol. The lowest BCUT2D eigenvalue weighted by Gasteiger charge is -2.23. The van der Waals surface area contributed by atoms with Crippen molar-refractivity contribution in [3.63, 3.8) is 0 Å². The highest BCUT2D eigenvalue weighted by molar-refractivity contribution is 7.12. The van der Waals surface area contributed by atoms with E-state index in [1.807, 2.05) is 11.4 Å². The fourth-order valence-corrected chi connectivity index (χ4v) is 3.10. The van der Waals surface area contributed by atoms with E-state index in [1.54, 1.807) is 31.2 Å². The van der Waals surface area contributed by atoms with Gasteiger partial charge in [0.2, 0.25) is 5.91 Å². The van der Waals surface area contributed by atoms with Gasteiger partial charge in [-0.3, -0.25) is 14.4 Å². The number of carbonyl (C=O) groups excluding carboxylic acids is 3. The molecule has 2 aromatic rings. The molecule has 3 amide bonds. The second-order valence-electron chi connectivity index (χ2n) is 5.85. The van der Waals surface area contributed by atoms with Crippen molar-refractivity contribution >= 4 is 40.4 Å². The average Bonchev–Trinajstić information content (AvgIpc) is 3.14. The molecule has 3 N–H and O–H groups in total. The van der Waals surface area contributed by atoms with E-state index in [9.17, 15) is 14.4 Å². The minimum Gasteiger partial charge on any atom is -0.479 e. The number of amides is 3. The number of fused-ring (bicyclic) bond motifs is 1. The predicted octanol–water partition coefficient (Wildman–Crippen LogP) is 2.62. The Bertz CT molecular complexity index is 820. The Morgan fingerprint density at radius 1 is 1.31 bits per heavy atom. The zero-order chi connectivity index (χ0) is 18.5. The van der Waals surface area contributed by atoms with Gasteiger partial charge in [-0.1, -0.05) is 6.07 Å². The van der Waals surface area contributed by atoms with Gasteiger partial charge < -0.3 is 20.7 Å². The minimum atomic E-state index is -0.535. The Balaban J connectivity index is 1.44. The number of benzene rings is 1. The molecule has 1 aromatic heterocycles. The summed E-state index contributed by atoms with van der Waals surface area (Å²) < 4.78 is 5.47. The maximum Gasteiger partial charge on any atom is 0.265 e. The molecule has 136 valence electrons. The van der Waals surface area contributed by atoms with Gasteiger partial charge in [0.05, 0.1) is 10.6 Å². The zero-order valence-corrected chi connectivity index (χ0v) is 15.0. The number of ether oxygens (including phenoxy) is 1. The third-order valence-corrected chi connectivity index (χ3v) is 4.67. The number of thiophene rings is 1. The summed E-state index contributed by atoms with van der Waals surface area (Å²) in [6.07, 6.45) is 0.278. The molecule has 0 spiro atoms. The van der Waals surface area contributed by atoms with Crippen molar-refractivity contribution in [2.24, 2.45) is 0 Å². The summed E-state index contributed by atoms with van der Waals surface area (Å²) in [4.78, 5) is 36.1. The number of hydrogen-bond acceptors (Lipinski definition) is 5. The van der Waals surface area contributed by atoms with E-state index in [0.717, 1.165) is 0 Å². The maximum absolute atomic E-state index is 12.0. The Morgan fingerprint density at radius 2 is 2.15 bits per heavy atom. The van der Waals surface area contributed by atoms with Gasteiger partial charge in [0.15, 0.2) is 6.10 Å². The van der Waals surface area contributed by atoms with E-state index in [0.29, 0.717) is 35.0 Å². The van der Waals surface area contributed by atoms with Crippen molar-refractivity contribution in [1.82, 2.24) is 5.32 Å². The van der Waals surface area contributed by atoms with Crippen LogP contribution in [0.25, 0.3) is 0 Å². The molecule has 7 nitrogen and oxygen atoms in total. The third-order valence-electron chi connectivity index (χ3n) is 3.81. The van der Waals surface area contributed by atoms with E-state index in [2.05, 4.69) is 16.0 Å². The van der Waals surface area contributed by atoms with Crippen LogP contribution in [-0.4, -0.2) is 30.4 Å². The largest absolute Gasteiger partial charge is 0.479 e. The monoisotopic (exact) mass is 373 g/mol. The van der Waals surface area contributed by atoms with Crippen molar-refractivity contribution < 1.29 is 19.1 Å². The molecular formula is C18H19N3O4S. The first-order chi connectivity index (χ1) is 12.5. The molecule has 8 heteroatoms. The Labute approximate surface area is 154 Å². The second kappa shape index (κ2) is 8.01. The number of nitrogens with one attached hydrogen (secondary N) is 3. The summed E-state index contributed by atoms with van der Waals surface area (Å²) in [6.45, 7) is 2.10. The van der Waals surface area contributed by atoms with Crippen LogP contribution in [0.3, 0.4) is 0 Å². The fourth-order valence-electron chi connectivity index (χ4n) is 2.46. The highest BCUT2D eigenvalue weighted by atomic mass is 32.1. The highest BCUT2D eigenvalue weighted by Gasteiger charge is 2.23. The van der Waals surface area contributed by atoms with Crippen molar-refractivity contribution in [2.75, 3.05) is 17.2 Å². The van der Waals surface area contributed by atoms with Crippen molar-refractivity contribution in [1.29, 1.82) is 0 Å². The zero-order valence-electron chi connectivity index (χ0n) is 14.2. The summed E-state index contributed by atoms with van der Waals surface area (Å²) in [7, 11) is 0. The number of carbonyl (C=O) groups is 3. The molecule has 0 fully saturated rings. The number of hydrogen-bond donors (Lipinski definition) is 3. The molecule has 1 aliphatic heterocycles. The standard InChI is InChI=1S/C18H19N3O4S/c1-11-17(23)21-13-10-12(6-7-14(13)25-11)20-16(22)5-2-8-19-18(24)15-4-3-9-26-15/h3-4,6-7,9-11H,2,5,8H2,1H3,(H,19,24)(H,20,22)(H,21,23)/t11-/m0/s1. The quantitative estimate of drug-likeness (QED) is 0.678. The Morgan fingerprint density at radius 3 is 2.92 bits per heavy atom. The van der Waals surface area contributed by atoms with Crippen LogP contribution >= 0.6 is 11.3 Å². The SMILES string of the molecule is C[C@@H]1Oc2ccc(NC(=O)CCCNC(=O)c3cccs3)cc2NC1=O. The van der Waals surface area contributed by atoms with Gasteiger partial charge in [0.25, 0.3) is 11.8 Å². The summed E-state index contributed by atoms with van der Waals surface area (Å²) in [6, 6.07) is 8.67. The first kappa shape index (κ1) is 17.9. The lowest BCUT2D eigenvalue weighted by atomic mass is 10.2. The molecule has 1 atom stereocenters. The molecule has 0 radical (unpaired) electrons. The molecule has 0 saturated carbocycles. The summed E-state index contributed by atoms with van der Waals surface area (Å²) in [5.41, 5.74) is 1.11. The molecule has 26 heavy (non-hydrogen) atoms. The first-order valence-electron chi connectivity index (χ1n) is 8.26. The molecular weight excluding hydrogens is 354 g/mol. The molecule has 3 rings (SSSR count). The molecule has 2 heterocycles. The smallest absolute Gasteiger partial charge is 0.265 e. The van der Waals surface area contributed by atoms with Crippen LogP contribution in [0.15, 0.2) is 35.7 Å². The third kappa shape index (κ3) is 4.40. The van der Waals surface area contributed by atoms with Crippen molar-refractivity contribution in [3.05, 3.63) is 40.6 Å². The van der Waals surface area contributed by atoms with Crippen LogP contribution in [0.4, 0.5) is 11.4 Å². The van der Waals surface area contributed by atoms with Gasteiger partial charge in [0, 0.05) is 18.7 Å². The van der Waals surface area contributed by atoms with Gasteiger partial charge in [0.1, 0.15) is 5.75 Å². The average molecular weight is 373 g/mol. The van der Waals surface area contributed by atoms with Gasteiger partial charge >= 0.3 is 0 Å². The van der Waals surface area contributed by atoms with Crippen LogP contribution in [0.1, 0.15) is 29.4 Å². The topological polar surface area (TPSA) is 96.5 Å². The van der Waals surface area contributed by atoms with Gasteiger partial charge in [-0.2, -0.15) is 0 Å². The summed E-state index contributed by atoms with van der Waals surface area (Å²) in [5, 5.41) is 10.1. The first-order valence-corrected chi connectivity index (χ1v) is 9.14. The summed E-state index contributed by atoms with van der Waals surface area (Å²) in [5.74, 6) is 0.0701. The second-order valence-corrected chi connectivity index (χ2v) is 6.79. The van der Waals surface area contributed by atoms with E-state index in [4.69, 9.17) is 4.74 Å². The fraction of sp³-hybridized carbons (Fsp3) is 0.278. The number of anilines is 2. The molecule has 0 aliphatic carbocycles. The lowest BCUT2D eigenvalue weighted by molar-refractivity contribution is -0.122. The van der Waals surface area contributed by atoms with Gasteiger partial charge in [-0.15, -0.1) is 11.3 Å². The summed E-state index contributed by atoms with van der Waals surface area (Å²) >= 11 is 1.38. The molecule has 1 aromatic carbocycles. The van der Waals surface area contributed by atoms with Crippen LogP contribution in [0.5, 0.6) is 5.75 Å². The van der Waals surface area contributed by atoms with Crippen LogP contribution in [0, 0.1) is 0 Å². The number of rotatable bonds is 6. The molecule has 1 aliphatic rings. The van der Waals surface area contributed by atoms with E-state index < -0.39 is 6.10 Å². The van der Waals surface area contributed by atoms with E-state index >= 15 is 0 Å². The highest BCUT2D eigenvalue weighted by Crippen LogP contribution is 2.32. The normalized spacial score (nSPS) is 15.4. The van der Waals surface area contributed by atoms with Crippen LogP contribution in [0.2, 0.25) is 0 Å². The molecule has 0 saturated heterocycles. The lowest BCUT2D eigenvalue weighted by Crippen LogP contribution is -2.34.